The lowest BCUT2D eigenvalue weighted by atomic mass is 10.3. The minimum absolute atomic E-state index is 0.0426. The third-order valence-corrected chi connectivity index (χ3v) is 1.82. The topological polar surface area (TPSA) is 22.0 Å². The fourth-order valence-corrected chi connectivity index (χ4v) is 0.959. The Balaban J connectivity index is 2.69. The summed E-state index contributed by atoms with van der Waals surface area (Å²) in [5, 5.41) is 0. The molecule has 1 aromatic rings. The summed E-state index contributed by atoms with van der Waals surface area (Å²) in [5.74, 6) is -0.0288. The summed E-state index contributed by atoms with van der Waals surface area (Å²) in [6, 6.07) is 3.85. The number of aryl methyl sites for hydroxylation is 1. The Bertz CT molecular complexity index is 301. The normalized spacial score (nSPS) is 10.8. The minimum Gasteiger partial charge on any atom is -0.351 e. The number of carbonyl (C=O) groups is 1. The van der Waals surface area contributed by atoms with Gasteiger partial charge in [-0.05, 0) is 24.3 Å². The summed E-state index contributed by atoms with van der Waals surface area (Å²) in [6.45, 7) is 0. The van der Waals surface area contributed by atoms with Crippen LogP contribution >= 0.6 is 11.6 Å². The maximum Gasteiger partial charge on any atom is 0.170 e. The molecule has 0 unspecified atom stereocenters. The molecule has 0 saturated heterocycles. The van der Waals surface area contributed by atoms with Gasteiger partial charge in [0.2, 0.25) is 0 Å². The molecule has 0 bridgehead atoms. The highest BCUT2D eigenvalue weighted by Gasteiger charge is 1.93. The van der Waals surface area contributed by atoms with Gasteiger partial charge < -0.3 is 4.57 Å². The third-order valence-electron chi connectivity index (χ3n) is 1.56. The van der Waals surface area contributed by atoms with Gasteiger partial charge in [-0.3, -0.25) is 4.79 Å². The molecule has 0 N–H and O–H groups in total. The molecule has 0 saturated carbocycles. The molecule has 0 fully saturated rings. The van der Waals surface area contributed by atoms with E-state index in [-0.39, 0.29) is 11.7 Å². The molecule has 0 aromatic carbocycles. The molecule has 2 nitrogen and oxygen atoms in total. The molecular formula is C9H10ClNO. The summed E-state index contributed by atoms with van der Waals surface area (Å²) >= 11 is 5.32. The van der Waals surface area contributed by atoms with E-state index in [0.29, 0.717) is 0 Å². The second kappa shape index (κ2) is 4.12. The molecule has 0 amide bonds. The number of ketones is 1. The van der Waals surface area contributed by atoms with Gasteiger partial charge in [-0.15, -0.1) is 11.6 Å². The highest BCUT2D eigenvalue weighted by molar-refractivity contribution is 6.29. The Labute approximate surface area is 76.5 Å². The molecule has 1 aromatic heterocycles. The Morgan fingerprint density at radius 1 is 1.75 bits per heavy atom. The van der Waals surface area contributed by atoms with Crippen molar-refractivity contribution in [3.05, 3.63) is 30.1 Å². The first-order valence-electron chi connectivity index (χ1n) is 3.62. The van der Waals surface area contributed by atoms with Crippen molar-refractivity contribution in [1.29, 1.82) is 0 Å². The van der Waals surface area contributed by atoms with Gasteiger partial charge >= 0.3 is 0 Å². The molecule has 12 heavy (non-hydrogen) atoms. The lowest BCUT2D eigenvalue weighted by Gasteiger charge is -1.93. The zero-order valence-corrected chi connectivity index (χ0v) is 7.58. The van der Waals surface area contributed by atoms with E-state index in [2.05, 4.69) is 0 Å². The van der Waals surface area contributed by atoms with Crippen molar-refractivity contribution in [2.75, 3.05) is 5.88 Å². The molecular weight excluding hydrogens is 174 g/mol. The quantitative estimate of drug-likeness (QED) is 0.518. The van der Waals surface area contributed by atoms with E-state index in [9.17, 15) is 4.79 Å². The van der Waals surface area contributed by atoms with Crippen molar-refractivity contribution in [3.8, 4) is 0 Å². The highest BCUT2D eigenvalue weighted by Crippen LogP contribution is 2.01. The zero-order valence-electron chi connectivity index (χ0n) is 6.83. The van der Waals surface area contributed by atoms with Crippen molar-refractivity contribution in [2.24, 2.45) is 7.05 Å². The molecule has 0 aliphatic heterocycles. The smallest absolute Gasteiger partial charge is 0.170 e. The largest absolute Gasteiger partial charge is 0.351 e. The molecule has 1 heterocycles. The van der Waals surface area contributed by atoms with Gasteiger partial charge in [-0.1, -0.05) is 0 Å². The molecule has 0 radical (unpaired) electrons. The van der Waals surface area contributed by atoms with Gasteiger partial charge in [0.15, 0.2) is 5.78 Å². The Hall–Kier alpha value is -1.02. The molecule has 0 atom stereocenters. The Kier molecular flexibility index (Phi) is 3.11. The number of hydrogen-bond donors (Lipinski definition) is 0. The number of halogens is 1. The summed E-state index contributed by atoms with van der Waals surface area (Å²) in [7, 11) is 1.92. The predicted octanol–water partition coefficient (Wildman–Crippen LogP) is 1.85. The van der Waals surface area contributed by atoms with Crippen LogP contribution in [0.3, 0.4) is 0 Å². The first-order valence-corrected chi connectivity index (χ1v) is 4.15. The van der Waals surface area contributed by atoms with E-state index in [4.69, 9.17) is 11.6 Å². The van der Waals surface area contributed by atoms with Crippen molar-refractivity contribution in [1.82, 2.24) is 4.57 Å². The predicted molar refractivity (Wildman–Crippen MR) is 50.2 cm³/mol. The van der Waals surface area contributed by atoms with Crippen molar-refractivity contribution in [3.63, 3.8) is 0 Å². The Morgan fingerprint density at radius 3 is 3.00 bits per heavy atom. The molecule has 64 valence electrons. The van der Waals surface area contributed by atoms with Crippen LogP contribution in [-0.2, 0) is 11.8 Å². The molecule has 0 aliphatic carbocycles. The van der Waals surface area contributed by atoms with Gasteiger partial charge in [0.1, 0.15) is 0 Å². The SMILES string of the molecule is Cn1cccc1C=CC(=O)CCl. The average molecular weight is 184 g/mol. The lowest BCUT2D eigenvalue weighted by Crippen LogP contribution is -1.93. The molecule has 3 heteroatoms. The molecule has 0 spiro atoms. The highest BCUT2D eigenvalue weighted by atomic mass is 35.5. The summed E-state index contributed by atoms with van der Waals surface area (Å²) < 4.78 is 1.93. The maximum absolute atomic E-state index is 10.8. The van der Waals surface area contributed by atoms with E-state index in [1.807, 2.05) is 29.9 Å². The first-order chi connectivity index (χ1) is 5.74. The summed E-state index contributed by atoms with van der Waals surface area (Å²) in [5.41, 5.74) is 0.994. The van der Waals surface area contributed by atoms with Crippen molar-refractivity contribution < 1.29 is 4.79 Å². The van der Waals surface area contributed by atoms with Crippen LogP contribution in [0, 0.1) is 0 Å². The third kappa shape index (κ3) is 2.24. The van der Waals surface area contributed by atoms with E-state index < -0.39 is 0 Å². The van der Waals surface area contributed by atoms with Crippen LogP contribution in [0.4, 0.5) is 0 Å². The van der Waals surface area contributed by atoms with Crippen molar-refractivity contribution in [2.45, 2.75) is 0 Å². The first kappa shape index (κ1) is 9.07. The van der Waals surface area contributed by atoms with Gasteiger partial charge in [0.05, 0.1) is 5.88 Å². The number of aromatic nitrogens is 1. The standard InChI is InChI=1S/C9H10ClNO/c1-11-6-2-3-8(11)4-5-9(12)7-10/h2-6H,7H2,1H3. The van der Waals surface area contributed by atoms with Crippen LogP contribution in [0.25, 0.3) is 6.08 Å². The molecule has 1 rings (SSSR count). The zero-order chi connectivity index (χ0) is 8.97. The van der Waals surface area contributed by atoms with Crippen LogP contribution in [0.2, 0.25) is 0 Å². The number of hydrogen-bond acceptors (Lipinski definition) is 1. The average Bonchev–Trinajstić information content (AvgIpc) is 2.47. The van der Waals surface area contributed by atoms with Gasteiger partial charge in [-0.2, -0.15) is 0 Å². The van der Waals surface area contributed by atoms with Crippen LogP contribution < -0.4 is 0 Å². The number of nitrogens with zero attached hydrogens (tertiary/aromatic N) is 1. The minimum atomic E-state index is -0.0714. The number of rotatable bonds is 3. The van der Waals surface area contributed by atoms with Gasteiger partial charge in [-0.25, -0.2) is 0 Å². The maximum atomic E-state index is 10.8. The van der Waals surface area contributed by atoms with Gasteiger partial charge in [0, 0.05) is 18.9 Å². The Morgan fingerprint density at radius 2 is 2.50 bits per heavy atom. The van der Waals surface area contributed by atoms with E-state index in [1.165, 1.54) is 6.08 Å². The second-order valence-corrected chi connectivity index (χ2v) is 2.74. The lowest BCUT2D eigenvalue weighted by molar-refractivity contribution is -0.112. The number of alkyl halides is 1. The van der Waals surface area contributed by atoms with Crippen LogP contribution in [0.15, 0.2) is 24.4 Å². The second-order valence-electron chi connectivity index (χ2n) is 2.48. The number of allylic oxidation sites excluding steroid dienone is 1. The summed E-state index contributed by atoms with van der Waals surface area (Å²) in [4.78, 5) is 10.8. The monoisotopic (exact) mass is 183 g/mol. The van der Waals surface area contributed by atoms with Crippen molar-refractivity contribution >= 4 is 23.5 Å². The van der Waals surface area contributed by atoms with E-state index in [0.717, 1.165) is 5.69 Å². The van der Waals surface area contributed by atoms with Crippen LogP contribution in [-0.4, -0.2) is 16.2 Å². The van der Waals surface area contributed by atoms with Gasteiger partial charge in [0.25, 0.3) is 0 Å². The fourth-order valence-electron chi connectivity index (χ4n) is 0.870. The molecule has 0 aliphatic rings. The van der Waals surface area contributed by atoms with E-state index in [1.54, 1.807) is 6.08 Å². The van der Waals surface area contributed by atoms with Crippen LogP contribution in [0.5, 0.6) is 0 Å². The number of carbonyl (C=O) groups excluding carboxylic acids is 1. The van der Waals surface area contributed by atoms with Crippen LogP contribution in [0.1, 0.15) is 5.69 Å². The fraction of sp³-hybridized carbons (Fsp3) is 0.222. The van der Waals surface area contributed by atoms with E-state index >= 15 is 0 Å². The summed E-state index contributed by atoms with van der Waals surface area (Å²) in [6.07, 6.45) is 5.16.